The molecule has 4 aliphatic rings. The van der Waals surface area contributed by atoms with Crippen LogP contribution in [-0.2, 0) is 47.7 Å². The summed E-state index contributed by atoms with van der Waals surface area (Å²) in [5.41, 5.74) is 14.2. The average Bonchev–Trinajstić information content (AvgIpc) is 1.58. The standard InChI is InChI=1S/C48H50N8O6.C43H49N7O5.C11H12O4.2CH4/c1-28(2)41(53-47(59)61-4)45(57)55-21-9-12-39(55)43-49-26-38(52-43)36-20-19-34-23-33(17-18-35(34)24-36)30-13-15-31(16-14-30)37-25-50-44(51-37)40-22-29(3)27-56(40)46(58)42(54-48(60)62-5)32-10-7-6-8-11-32;1-25(2)37(48-41(52)54-7)40(51)49-18-8-9-35(49)38-44-23-34(47-38)32-17-16-30-20-29(14-15-31(30)21-32)27-10-12-28(13-11-27)33-22-45-39(46-33)36-19-26(3)24-50(36)42(53)55-43(4,5)6;1-15-10(12)7-9(11(13)14)8-5-3-2-4-6-8;;/h6-8,10-11,13-20,23-26,28,39-42H,3,9,12,21-22,27H2,1-2,4-5H3,(H,49,52)(H,50,51)(H,53,59)(H,54,60);10-17,20-23,25,35-37H,3,8-9,18-19,24H2,1-2,4-7H3,(H,44,47)(H,45,46)(H,48,52);2-6,9H,7H2,1H3,(H,13,14);2*1H4/t39-,40-,41-,42+;35-,36-,37-;9-;;/m001../s1. The van der Waals surface area contributed by atoms with Gasteiger partial charge < -0.3 is 79.4 Å². The largest absolute Gasteiger partial charge is 0.481 e. The molecule has 0 radical (unpaired) electrons. The van der Waals surface area contributed by atoms with Gasteiger partial charge in [-0.2, -0.15) is 0 Å². The molecule has 8 aromatic carbocycles. The van der Waals surface area contributed by atoms with Crippen LogP contribution in [0.4, 0.5) is 19.2 Å². The van der Waals surface area contributed by atoms with E-state index in [1.54, 1.807) is 58.5 Å². The van der Waals surface area contributed by atoms with E-state index in [0.717, 1.165) is 137 Å². The number of likely N-dealkylation sites (tertiary alicyclic amines) is 4. The summed E-state index contributed by atoms with van der Waals surface area (Å²) in [6.45, 7) is 23.5. The molecule has 8 atom stereocenters. The molecule has 12 aromatic rings. The zero-order valence-corrected chi connectivity index (χ0v) is 75.8. The highest BCUT2D eigenvalue weighted by atomic mass is 16.6. The van der Waals surface area contributed by atoms with Crippen molar-refractivity contribution in [3.05, 3.63) is 266 Å². The predicted octanol–water partition coefficient (Wildman–Crippen LogP) is 19.5. The highest BCUT2D eigenvalue weighted by molar-refractivity contribution is 5.94. The van der Waals surface area contributed by atoms with Gasteiger partial charge in [-0.3, -0.25) is 28.9 Å². The number of rotatable bonds is 23. The lowest BCUT2D eigenvalue weighted by molar-refractivity contribution is -0.147. The summed E-state index contributed by atoms with van der Waals surface area (Å²) < 4.78 is 24.5. The molecule has 0 bridgehead atoms. The number of hydrogen-bond acceptors (Lipinski definition) is 18. The Kier molecular flexibility index (Phi) is 31.8. The lowest BCUT2D eigenvalue weighted by Gasteiger charge is -2.30. The topological polar surface area (TPSA) is 384 Å². The maximum atomic E-state index is 14.0. The van der Waals surface area contributed by atoms with E-state index in [0.29, 0.717) is 61.8 Å². The molecule has 0 unspecified atom stereocenters. The smallest absolute Gasteiger partial charge is 0.411 e. The minimum Gasteiger partial charge on any atom is -0.481 e. The number of ether oxygens (including phenoxy) is 5. The fourth-order valence-corrected chi connectivity index (χ4v) is 17.3. The molecular weight excluding hydrogens is 1700 g/mol. The predicted molar refractivity (Wildman–Crippen MR) is 514 cm³/mol. The molecule has 7 amide bonds. The molecule has 30 nitrogen and oxygen atoms in total. The fourth-order valence-electron chi connectivity index (χ4n) is 17.3. The van der Waals surface area contributed by atoms with Gasteiger partial charge in [-0.25, -0.2) is 39.1 Å². The van der Waals surface area contributed by atoms with Crippen molar-refractivity contribution in [2.24, 2.45) is 11.8 Å². The van der Waals surface area contributed by atoms with Gasteiger partial charge in [0, 0.05) is 37.3 Å². The first-order chi connectivity index (χ1) is 63.4. The number of aromatic amines is 4. The lowest BCUT2D eigenvalue weighted by Crippen LogP contribution is -2.51. The number of benzene rings is 8. The van der Waals surface area contributed by atoms with Crippen molar-refractivity contribution >= 4 is 75.6 Å². The number of H-pyrrole nitrogens is 4. The normalized spacial score (nSPS) is 16.7. The van der Waals surface area contributed by atoms with Crippen LogP contribution in [0.3, 0.4) is 0 Å². The monoisotopic (exact) mass is 1820 g/mol. The van der Waals surface area contributed by atoms with E-state index in [2.05, 4.69) is 180 Å². The van der Waals surface area contributed by atoms with Crippen LogP contribution in [0, 0.1) is 11.8 Å². The van der Waals surface area contributed by atoms with Gasteiger partial charge in [-0.05, 0) is 161 Å². The Labute approximate surface area is 780 Å². The zero-order chi connectivity index (χ0) is 93.8. The Balaban J connectivity index is 0.000000207. The van der Waals surface area contributed by atoms with E-state index in [1.807, 2.05) is 95.1 Å². The van der Waals surface area contributed by atoms with Gasteiger partial charge in [-0.15, -0.1) is 0 Å². The number of carbonyl (C=O) groups excluding carboxylic acids is 8. The first-order valence-electron chi connectivity index (χ1n) is 44.1. The van der Waals surface area contributed by atoms with Crippen molar-refractivity contribution in [1.82, 2.24) is 75.4 Å². The van der Waals surface area contributed by atoms with Crippen molar-refractivity contribution in [3.8, 4) is 67.3 Å². The van der Waals surface area contributed by atoms with Crippen LogP contribution >= 0.6 is 0 Å². The maximum absolute atomic E-state index is 14.0. The van der Waals surface area contributed by atoms with Crippen LogP contribution in [0.25, 0.3) is 88.8 Å². The summed E-state index contributed by atoms with van der Waals surface area (Å²) in [5, 5.41) is 21.4. The molecule has 8 heterocycles. The molecule has 30 heteroatoms. The number of fused-ring (bicyclic) bond motifs is 2. The van der Waals surface area contributed by atoms with Crippen molar-refractivity contribution in [2.45, 2.75) is 162 Å². The van der Waals surface area contributed by atoms with Gasteiger partial charge in [0.05, 0.1) is 113 Å². The Morgan fingerprint density at radius 1 is 0.425 bits per heavy atom. The highest BCUT2D eigenvalue weighted by Gasteiger charge is 2.43. The van der Waals surface area contributed by atoms with Crippen LogP contribution in [0.1, 0.15) is 179 Å². The van der Waals surface area contributed by atoms with Gasteiger partial charge >= 0.3 is 36.3 Å². The van der Waals surface area contributed by atoms with E-state index in [1.165, 1.54) is 28.4 Å². The molecule has 8 N–H and O–H groups in total. The van der Waals surface area contributed by atoms with E-state index in [-0.39, 0.29) is 81.1 Å². The third kappa shape index (κ3) is 22.9. The molecule has 0 aliphatic carbocycles. The number of carboxylic acid groups (broad SMARTS) is 1. The number of imidazole rings is 4. The van der Waals surface area contributed by atoms with Crippen LogP contribution < -0.4 is 16.0 Å². The Hall–Kier alpha value is -15.0. The van der Waals surface area contributed by atoms with Gasteiger partial charge in [0.25, 0.3) is 5.91 Å². The third-order valence-corrected chi connectivity index (χ3v) is 24.2. The number of aliphatic carboxylic acids is 1. The maximum Gasteiger partial charge on any atom is 0.411 e. The van der Waals surface area contributed by atoms with Crippen molar-refractivity contribution in [2.75, 3.05) is 54.6 Å². The summed E-state index contributed by atoms with van der Waals surface area (Å²) in [5.74, 6) is -0.328. The van der Waals surface area contributed by atoms with Gasteiger partial charge in [0.2, 0.25) is 11.8 Å². The number of alkyl carbamates (subject to hydrolysis) is 3. The molecule has 4 aliphatic heterocycles. The number of esters is 1. The SMILES string of the molecule is C.C.C=C1C[C@@H](c2ncc(-c3ccc(-c4ccc5cc(-c6cnc([C@@H]7CCCN7C(=O)[C@@H](NC(=O)OC)C(C)C)[nH]6)ccc5c4)cc3)[nH]2)N(C(=O)OC(C)(C)C)C1.C=C1C[C@@H](c2ncc(-c3ccc(-c4ccc5cc(-c6cnc([C@@H]7CCCN7C(=O)[C@@H](NC(=O)OC)C(C)C)[nH]6)ccc5c4)cc3)[nH]2)N(C(=O)[C@H](NC(=O)OC)c2ccccc2)C1.COC(=O)C[C@@H](C(=O)O)c1ccccc1. The number of aromatic nitrogens is 8. The van der Waals surface area contributed by atoms with Crippen LogP contribution in [0.5, 0.6) is 0 Å². The molecular formula is C104H119N15O15. The molecule has 4 aromatic heterocycles. The molecule has 0 spiro atoms. The quantitative estimate of drug-likeness (QED) is 0.0167. The number of nitrogens with zero attached hydrogens (tertiary/aromatic N) is 8. The highest BCUT2D eigenvalue weighted by Crippen LogP contribution is 2.42. The summed E-state index contributed by atoms with van der Waals surface area (Å²) in [4.78, 5) is 152. The van der Waals surface area contributed by atoms with E-state index in [9.17, 15) is 43.2 Å². The second-order valence-electron chi connectivity index (χ2n) is 35.1. The fraction of sp³-hybridized carbons (Fsp3) is 0.337. The number of carboxylic acids is 1. The summed E-state index contributed by atoms with van der Waals surface area (Å²) in [7, 11) is 5.10. The first kappa shape index (κ1) is 98.1. The van der Waals surface area contributed by atoms with Crippen LogP contribution in [-0.4, -0.2) is 191 Å². The third-order valence-electron chi connectivity index (χ3n) is 24.2. The molecule has 4 saturated heterocycles. The molecule has 134 heavy (non-hydrogen) atoms. The number of hydrogen-bond donors (Lipinski definition) is 8. The number of amides is 7. The molecule has 0 saturated carbocycles. The lowest BCUT2D eigenvalue weighted by atomic mass is 9.96. The van der Waals surface area contributed by atoms with E-state index >= 15 is 0 Å². The average molecular weight is 1820 g/mol. The minimum atomic E-state index is -1.02. The van der Waals surface area contributed by atoms with Crippen LogP contribution in [0.2, 0.25) is 0 Å². The van der Waals surface area contributed by atoms with Crippen LogP contribution in [0.15, 0.2) is 231 Å². The number of methoxy groups -OCH3 is 4. The Morgan fingerprint density at radius 2 is 0.769 bits per heavy atom. The second-order valence-corrected chi connectivity index (χ2v) is 35.1. The van der Waals surface area contributed by atoms with Crippen molar-refractivity contribution < 1.29 is 71.9 Å². The van der Waals surface area contributed by atoms with Gasteiger partial charge in [0.1, 0.15) is 47.0 Å². The Bertz CT molecular complexity index is 6210. The zero-order valence-electron chi connectivity index (χ0n) is 75.8. The molecule has 16 rings (SSSR count). The Morgan fingerprint density at radius 3 is 1.15 bits per heavy atom. The van der Waals surface area contributed by atoms with Crippen molar-refractivity contribution in [3.63, 3.8) is 0 Å². The summed E-state index contributed by atoms with van der Waals surface area (Å²) >= 11 is 0. The van der Waals surface area contributed by atoms with E-state index < -0.39 is 59.9 Å². The number of carbonyl (C=O) groups is 9. The summed E-state index contributed by atoms with van der Waals surface area (Å²) in [6, 6.07) is 56.5. The minimum absolute atomic E-state index is 0. The molecule has 4 fully saturated rings. The first-order valence-corrected chi connectivity index (χ1v) is 44.1. The summed E-state index contributed by atoms with van der Waals surface area (Å²) in [6.07, 6.45) is 9.23. The second kappa shape index (κ2) is 43.4. The van der Waals surface area contributed by atoms with Crippen molar-refractivity contribution in [1.29, 1.82) is 0 Å². The van der Waals surface area contributed by atoms with E-state index in [4.69, 9.17) is 39.0 Å². The van der Waals surface area contributed by atoms with Gasteiger partial charge in [-0.1, -0.05) is 225 Å². The number of nitrogens with one attached hydrogen (secondary N) is 7. The molecule has 700 valence electrons. The van der Waals surface area contributed by atoms with Gasteiger partial charge in [0.15, 0.2) is 0 Å².